The molecule has 3 aliphatic rings. The van der Waals surface area contributed by atoms with Gasteiger partial charge in [0.2, 0.25) is 17.8 Å². The minimum absolute atomic E-state index is 0. The topological polar surface area (TPSA) is 75.6 Å². The molecule has 0 aliphatic carbocycles. The molecule has 0 bridgehead atoms. The predicted molar refractivity (Wildman–Crippen MR) is 111 cm³/mol. The number of nitrogens with zero attached hydrogens (tertiary/aromatic N) is 5. The van der Waals surface area contributed by atoms with Crippen LogP contribution in [0.5, 0.6) is 11.5 Å². The van der Waals surface area contributed by atoms with Gasteiger partial charge in [-0.3, -0.25) is 0 Å². The third-order valence-electron chi connectivity index (χ3n) is 5.19. The van der Waals surface area contributed by atoms with Crippen LogP contribution in [0.15, 0.2) is 18.2 Å². The molecule has 0 amide bonds. The van der Waals surface area contributed by atoms with Gasteiger partial charge in [0, 0.05) is 37.9 Å². The van der Waals surface area contributed by atoms with Crippen LogP contribution < -0.4 is 24.6 Å². The van der Waals surface area contributed by atoms with Crippen LogP contribution in [0.4, 0.5) is 23.5 Å². The summed E-state index contributed by atoms with van der Waals surface area (Å²) in [7, 11) is 0. The SMILES string of the molecule is Cl.c1cc2c(cc1Nc1nc(N3CCCC3)nc(N3CCCC3)n1)OCCO2. The third-order valence-corrected chi connectivity index (χ3v) is 5.19. The van der Waals surface area contributed by atoms with Crippen molar-refractivity contribution in [1.29, 1.82) is 0 Å². The number of aromatic nitrogens is 3. The summed E-state index contributed by atoms with van der Waals surface area (Å²) in [5.74, 6) is 3.64. The van der Waals surface area contributed by atoms with Gasteiger partial charge in [0.1, 0.15) is 13.2 Å². The summed E-state index contributed by atoms with van der Waals surface area (Å²) in [6.07, 6.45) is 4.76. The van der Waals surface area contributed by atoms with Crippen molar-refractivity contribution in [2.24, 2.45) is 0 Å². The molecule has 0 radical (unpaired) electrons. The first kappa shape index (κ1) is 18.9. The molecule has 2 fully saturated rings. The summed E-state index contributed by atoms with van der Waals surface area (Å²) in [5, 5.41) is 3.33. The van der Waals surface area contributed by atoms with Crippen molar-refractivity contribution >= 4 is 35.9 Å². The molecular formula is C19H25ClN6O2. The summed E-state index contributed by atoms with van der Waals surface area (Å²) in [6.45, 7) is 5.19. The van der Waals surface area contributed by atoms with Gasteiger partial charge in [-0.1, -0.05) is 0 Å². The van der Waals surface area contributed by atoms with Crippen LogP contribution in [-0.2, 0) is 0 Å². The summed E-state index contributed by atoms with van der Waals surface area (Å²) < 4.78 is 11.3. The maximum absolute atomic E-state index is 5.68. The first-order chi connectivity index (χ1) is 13.3. The first-order valence-corrected chi connectivity index (χ1v) is 9.78. The largest absolute Gasteiger partial charge is 0.486 e. The van der Waals surface area contributed by atoms with E-state index in [1.165, 1.54) is 25.7 Å². The van der Waals surface area contributed by atoms with E-state index >= 15 is 0 Å². The van der Waals surface area contributed by atoms with Crippen molar-refractivity contribution < 1.29 is 9.47 Å². The minimum atomic E-state index is 0. The quantitative estimate of drug-likeness (QED) is 0.833. The van der Waals surface area contributed by atoms with Gasteiger partial charge in [-0.2, -0.15) is 15.0 Å². The third kappa shape index (κ3) is 3.87. The molecule has 0 unspecified atom stereocenters. The van der Waals surface area contributed by atoms with Crippen molar-refractivity contribution in [2.75, 3.05) is 54.5 Å². The number of hydrogen-bond donors (Lipinski definition) is 1. The summed E-state index contributed by atoms with van der Waals surface area (Å²) >= 11 is 0. The van der Waals surface area contributed by atoms with E-state index in [1.807, 2.05) is 18.2 Å². The van der Waals surface area contributed by atoms with E-state index in [0.717, 1.165) is 55.3 Å². The Balaban J connectivity index is 0.00000192. The molecule has 1 N–H and O–H groups in total. The zero-order valence-electron chi connectivity index (χ0n) is 15.8. The van der Waals surface area contributed by atoms with E-state index in [0.29, 0.717) is 19.2 Å². The molecule has 4 heterocycles. The Bertz CT molecular complexity index is 790. The van der Waals surface area contributed by atoms with Crippen LogP contribution >= 0.6 is 12.4 Å². The Labute approximate surface area is 170 Å². The molecule has 8 nitrogen and oxygen atoms in total. The van der Waals surface area contributed by atoms with Crippen LogP contribution in [-0.4, -0.2) is 54.3 Å². The van der Waals surface area contributed by atoms with Gasteiger partial charge in [-0.15, -0.1) is 12.4 Å². The molecule has 5 rings (SSSR count). The minimum Gasteiger partial charge on any atom is -0.486 e. The Morgan fingerprint density at radius 3 is 1.93 bits per heavy atom. The van der Waals surface area contributed by atoms with Gasteiger partial charge in [0.15, 0.2) is 11.5 Å². The van der Waals surface area contributed by atoms with E-state index in [1.54, 1.807) is 0 Å². The van der Waals surface area contributed by atoms with Gasteiger partial charge in [0.25, 0.3) is 0 Å². The highest BCUT2D eigenvalue weighted by atomic mass is 35.5. The monoisotopic (exact) mass is 404 g/mol. The van der Waals surface area contributed by atoms with Gasteiger partial charge in [-0.05, 0) is 37.8 Å². The standard InChI is InChI=1S/C19H24N6O2.ClH/c1-2-8-24(7-1)18-21-17(22-19(23-18)25-9-3-4-10-25)20-14-5-6-15-16(13-14)27-12-11-26-15;/h5-6,13H,1-4,7-12H2,(H,20,21,22,23);1H. The molecule has 1 aromatic carbocycles. The second kappa shape index (κ2) is 8.26. The molecule has 9 heteroatoms. The maximum Gasteiger partial charge on any atom is 0.233 e. The van der Waals surface area contributed by atoms with Gasteiger partial charge < -0.3 is 24.6 Å². The number of ether oxygens (including phenoxy) is 2. The van der Waals surface area contributed by atoms with E-state index < -0.39 is 0 Å². The van der Waals surface area contributed by atoms with Gasteiger partial charge in [-0.25, -0.2) is 0 Å². The number of hydrogen-bond acceptors (Lipinski definition) is 8. The second-order valence-electron chi connectivity index (χ2n) is 7.13. The average molecular weight is 405 g/mol. The van der Waals surface area contributed by atoms with Gasteiger partial charge >= 0.3 is 0 Å². The van der Waals surface area contributed by atoms with Crippen LogP contribution in [0.2, 0.25) is 0 Å². The highest BCUT2D eigenvalue weighted by Crippen LogP contribution is 2.33. The molecule has 2 saturated heterocycles. The molecule has 150 valence electrons. The Morgan fingerprint density at radius 2 is 1.32 bits per heavy atom. The van der Waals surface area contributed by atoms with Crippen LogP contribution in [0.25, 0.3) is 0 Å². The number of anilines is 4. The fourth-order valence-electron chi connectivity index (χ4n) is 3.78. The molecule has 0 saturated carbocycles. The number of halogens is 1. The fourth-order valence-corrected chi connectivity index (χ4v) is 3.78. The number of rotatable bonds is 4. The van der Waals surface area contributed by atoms with Gasteiger partial charge in [0.05, 0.1) is 0 Å². The summed E-state index contributed by atoms with van der Waals surface area (Å²) in [5.41, 5.74) is 0.880. The van der Waals surface area contributed by atoms with E-state index in [-0.39, 0.29) is 12.4 Å². The first-order valence-electron chi connectivity index (χ1n) is 9.78. The average Bonchev–Trinajstić information content (AvgIpc) is 3.42. The summed E-state index contributed by atoms with van der Waals surface area (Å²) in [6, 6.07) is 5.81. The summed E-state index contributed by atoms with van der Waals surface area (Å²) in [4.78, 5) is 18.6. The van der Waals surface area contributed by atoms with Crippen LogP contribution in [0.3, 0.4) is 0 Å². The molecular weight excluding hydrogens is 380 g/mol. The van der Waals surface area contributed by atoms with Crippen molar-refractivity contribution in [3.63, 3.8) is 0 Å². The molecule has 3 aliphatic heterocycles. The van der Waals surface area contributed by atoms with Crippen molar-refractivity contribution in [1.82, 2.24) is 15.0 Å². The normalized spacial score (nSPS) is 18.1. The fraction of sp³-hybridized carbons (Fsp3) is 0.526. The zero-order chi connectivity index (χ0) is 18.1. The number of fused-ring (bicyclic) bond motifs is 1. The smallest absolute Gasteiger partial charge is 0.233 e. The Kier molecular flexibility index (Phi) is 5.57. The van der Waals surface area contributed by atoms with E-state index in [9.17, 15) is 0 Å². The lowest BCUT2D eigenvalue weighted by molar-refractivity contribution is 0.171. The highest BCUT2D eigenvalue weighted by molar-refractivity contribution is 5.85. The molecule has 0 spiro atoms. The Morgan fingerprint density at radius 1 is 0.750 bits per heavy atom. The predicted octanol–water partition coefficient (Wildman–Crippen LogP) is 3.01. The van der Waals surface area contributed by atoms with E-state index in [2.05, 4.69) is 25.1 Å². The lowest BCUT2D eigenvalue weighted by Crippen LogP contribution is -2.25. The number of benzene rings is 1. The molecule has 28 heavy (non-hydrogen) atoms. The maximum atomic E-state index is 5.68. The molecule has 0 atom stereocenters. The van der Waals surface area contributed by atoms with Crippen molar-refractivity contribution in [3.8, 4) is 11.5 Å². The Hall–Kier alpha value is -2.48. The molecule has 1 aromatic heterocycles. The lowest BCUT2D eigenvalue weighted by atomic mass is 10.2. The molecule has 2 aromatic rings. The second-order valence-corrected chi connectivity index (χ2v) is 7.13. The van der Waals surface area contributed by atoms with Crippen molar-refractivity contribution in [2.45, 2.75) is 25.7 Å². The van der Waals surface area contributed by atoms with E-state index in [4.69, 9.17) is 14.5 Å². The zero-order valence-corrected chi connectivity index (χ0v) is 16.6. The lowest BCUT2D eigenvalue weighted by Gasteiger charge is -2.21. The number of nitrogens with one attached hydrogen (secondary N) is 1. The van der Waals surface area contributed by atoms with Crippen molar-refractivity contribution in [3.05, 3.63) is 18.2 Å². The van der Waals surface area contributed by atoms with Crippen LogP contribution in [0.1, 0.15) is 25.7 Å². The van der Waals surface area contributed by atoms with Crippen LogP contribution in [0, 0.1) is 0 Å². The highest BCUT2D eigenvalue weighted by Gasteiger charge is 2.22.